The third kappa shape index (κ3) is 2.11. The molecule has 0 radical (unpaired) electrons. The lowest BCUT2D eigenvalue weighted by atomic mass is 9.97. The van der Waals surface area contributed by atoms with Crippen molar-refractivity contribution in [2.24, 2.45) is 0 Å². The van der Waals surface area contributed by atoms with Crippen LogP contribution in [0, 0.1) is 0 Å². The Morgan fingerprint density at radius 1 is 0.889 bits per heavy atom. The van der Waals surface area contributed by atoms with Gasteiger partial charge in [-0.15, -0.1) is 0 Å². The van der Waals surface area contributed by atoms with Gasteiger partial charge in [-0.3, -0.25) is 0 Å². The van der Waals surface area contributed by atoms with Gasteiger partial charge >= 0.3 is 0 Å². The van der Waals surface area contributed by atoms with E-state index in [2.05, 4.69) is 61.5 Å². The minimum absolute atomic E-state index is 1.10. The number of hydrogen-bond acceptors (Lipinski definition) is 0. The molecular formula is C18H18. The van der Waals surface area contributed by atoms with Crippen molar-refractivity contribution in [2.45, 2.75) is 26.2 Å². The lowest BCUT2D eigenvalue weighted by Crippen LogP contribution is -1.95. The van der Waals surface area contributed by atoms with Crippen LogP contribution in [0.4, 0.5) is 0 Å². The van der Waals surface area contributed by atoms with Crippen LogP contribution >= 0.6 is 0 Å². The van der Waals surface area contributed by atoms with Crippen LogP contribution in [0.5, 0.6) is 0 Å². The van der Waals surface area contributed by atoms with Crippen molar-refractivity contribution in [3.05, 3.63) is 76.4 Å². The number of fused-ring (bicyclic) bond motifs is 1. The van der Waals surface area contributed by atoms with Gasteiger partial charge in [0.05, 0.1) is 0 Å². The van der Waals surface area contributed by atoms with Crippen molar-refractivity contribution in [3.63, 3.8) is 0 Å². The molecule has 0 unspecified atom stereocenters. The minimum Gasteiger partial charge on any atom is -0.0620 e. The first-order valence-corrected chi connectivity index (χ1v) is 6.71. The molecule has 0 fully saturated rings. The monoisotopic (exact) mass is 234 g/mol. The Morgan fingerprint density at radius 3 is 2.39 bits per heavy atom. The van der Waals surface area contributed by atoms with Crippen LogP contribution in [0.3, 0.4) is 0 Å². The molecule has 0 atom stereocenters. The summed E-state index contributed by atoms with van der Waals surface area (Å²) in [5.74, 6) is 0. The van der Waals surface area contributed by atoms with E-state index in [9.17, 15) is 0 Å². The van der Waals surface area contributed by atoms with Gasteiger partial charge in [0.2, 0.25) is 0 Å². The van der Waals surface area contributed by atoms with E-state index in [0.717, 1.165) is 19.3 Å². The zero-order valence-corrected chi connectivity index (χ0v) is 10.8. The molecule has 2 aromatic carbocycles. The van der Waals surface area contributed by atoms with Crippen LogP contribution in [-0.4, -0.2) is 0 Å². The van der Waals surface area contributed by atoms with E-state index >= 15 is 0 Å². The van der Waals surface area contributed by atoms with E-state index in [1.54, 1.807) is 0 Å². The van der Waals surface area contributed by atoms with Crippen molar-refractivity contribution in [1.82, 2.24) is 0 Å². The van der Waals surface area contributed by atoms with E-state index in [4.69, 9.17) is 0 Å². The summed E-state index contributed by atoms with van der Waals surface area (Å²) in [6, 6.07) is 17.5. The van der Waals surface area contributed by atoms with Gasteiger partial charge in [0.25, 0.3) is 0 Å². The summed E-state index contributed by atoms with van der Waals surface area (Å²) in [7, 11) is 0. The average Bonchev–Trinajstić information content (AvgIpc) is 2.81. The molecule has 2 aromatic rings. The molecule has 0 bridgehead atoms. The standard InChI is InChI=1S/C18H18/c1-2-15-7-3-4-8-16(15)11-14-12-17-9-5-6-10-18(17)13-14/h3-10,12H,2,11,13H2,1H3. The van der Waals surface area contributed by atoms with Gasteiger partial charge in [0.15, 0.2) is 0 Å². The maximum atomic E-state index is 2.36. The Hall–Kier alpha value is -1.82. The second kappa shape index (κ2) is 4.81. The Kier molecular flexibility index (Phi) is 3.02. The fourth-order valence-corrected chi connectivity index (χ4v) is 2.78. The molecule has 0 heterocycles. The van der Waals surface area contributed by atoms with Gasteiger partial charge < -0.3 is 0 Å². The fraction of sp³-hybridized carbons (Fsp3) is 0.222. The molecule has 0 heteroatoms. The minimum atomic E-state index is 1.10. The van der Waals surface area contributed by atoms with E-state index < -0.39 is 0 Å². The zero-order chi connectivity index (χ0) is 12.4. The first-order chi connectivity index (χ1) is 8.86. The van der Waals surface area contributed by atoms with Crippen molar-refractivity contribution in [2.75, 3.05) is 0 Å². The maximum Gasteiger partial charge on any atom is -0.00545 e. The predicted octanol–water partition coefficient (Wildman–Crippen LogP) is 4.43. The number of hydrogen-bond donors (Lipinski definition) is 0. The fourth-order valence-electron chi connectivity index (χ4n) is 2.78. The highest BCUT2D eigenvalue weighted by Crippen LogP contribution is 2.27. The smallest absolute Gasteiger partial charge is 0.00545 e. The maximum absolute atomic E-state index is 2.36. The van der Waals surface area contributed by atoms with E-state index in [1.165, 1.54) is 27.8 Å². The van der Waals surface area contributed by atoms with Crippen molar-refractivity contribution >= 4 is 6.08 Å². The summed E-state index contributed by atoms with van der Waals surface area (Å²) in [6.45, 7) is 2.23. The molecule has 0 saturated heterocycles. The van der Waals surface area contributed by atoms with Crippen LogP contribution in [0.1, 0.15) is 29.2 Å². The highest BCUT2D eigenvalue weighted by Gasteiger charge is 2.12. The molecule has 0 spiro atoms. The highest BCUT2D eigenvalue weighted by molar-refractivity contribution is 5.64. The lowest BCUT2D eigenvalue weighted by molar-refractivity contribution is 1.02. The first kappa shape index (κ1) is 11.3. The molecule has 18 heavy (non-hydrogen) atoms. The van der Waals surface area contributed by atoms with Gasteiger partial charge in [-0.2, -0.15) is 0 Å². The quantitative estimate of drug-likeness (QED) is 0.737. The van der Waals surface area contributed by atoms with Gasteiger partial charge in [0.1, 0.15) is 0 Å². The number of rotatable bonds is 3. The molecule has 0 aromatic heterocycles. The SMILES string of the molecule is CCc1ccccc1CC1=Cc2ccccc2C1. The van der Waals surface area contributed by atoms with Gasteiger partial charge in [-0.05, 0) is 41.5 Å². The van der Waals surface area contributed by atoms with Crippen molar-refractivity contribution in [3.8, 4) is 0 Å². The molecule has 3 rings (SSSR count). The van der Waals surface area contributed by atoms with Gasteiger partial charge in [-0.25, -0.2) is 0 Å². The summed E-state index contributed by atoms with van der Waals surface area (Å²) < 4.78 is 0. The summed E-state index contributed by atoms with van der Waals surface area (Å²) in [6.07, 6.45) is 5.70. The highest BCUT2D eigenvalue weighted by atomic mass is 14.2. The van der Waals surface area contributed by atoms with Crippen LogP contribution in [0.25, 0.3) is 6.08 Å². The van der Waals surface area contributed by atoms with E-state index in [1.807, 2.05) is 0 Å². The summed E-state index contributed by atoms with van der Waals surface area (Å²) in [5.41, 5.74) is 7.38. The predicted molar refractivity (Wildman–Crippen MR) is 77.6 cm³/mol. The molecule has 0 saturated carbocycles. The second-order valence-electron chi connectivity index (χ2n) is 4.98. The third-order valence-corrected chi connectivity index (χ3v) is 3.75. The summed E-state index contributed by atoms with van der Waals surface area (Å²) >= 11 is 0. The molecule has 0 N–H and O–H groups in total. The molecule has 90 valence electrons. The Bertz CT molecular complexity index is 590. The largest absolute Gasteiger partial charge is 0.0620 e. The molecule has 0 nitrogen and oxygen atoms in total. The molecule has 1 aliphatic rings. The normalized spacial score (nSPS) is 13.3. The van der Waals surface area contributed by atoms with Gasteiger partial charge in [-0.1, -0.05) is 67.1 Å². The van der Waals surface area contributed by atoms with Crippen LogP contribution in [0.2, 0.25) is 0 Å². The molecule has 0 amide bonds. The Balaban J connectivity index is 1.84. The van der Waals surface area contributed by atoms with Crippen LogP contribution in [0.15, 0.2) is 54.1 Å². The Morgan fingerprint density at radius 2 is 1.61 bits per heavy atom. The van der Waals surface area contributed by atoms with E-state index in [-0.39, 0.29) is 0 Å². The van der Waals surface area contributed by atoms with Crippen molar-refractivity contribution in [1.29, 1.82) is 0 Å². The third-order valence-electron chi connectivity index (χ3n) is 3.75. The van der Waals surface area contributed by atoms with E-state index in [0.29, 0.717) is 0 Å². The lowest BCUT2D eigenvalue weighted by Gasteiger charge is -2.08. The molecular weight excluding hydrogens is 216 g/mol. The Labute approximate surface area is 109 Å². The second-order valence-corrected chi connectivity index (χ2v) is 4.98. The number of benzene rings is 2. The first-order valence-electron chi connectivity index (χ1n) is 6.71. The van der Waals surface area contributed by atoms with Crippen molar-refractivity contribution < 1.29 is 0 Å². The molecule has 1 aliphatic carbocycles. The number of allylic oxidation sites excluding steroid dienone is 1. The topological polar surface area (TPSA) is 0 Å². The zero-order valence-electron chi connectivity index (χ0n) is 10.8. The van der Waals surface area contributed by atoms with Gasteiger partial charge in [0, 0.05) is 0 Å². The molecule has 0 aliphatic heterocycles. The number of aryl methyl sites for hydroxylation is 1. The van der Waals surface area contributed by atoms with Crippen LogP contribution < -0.4 is 0 Å². The van der Waals surface area contributed by atoms with Crippen LogP contribution in [-0.2, 0) is 19.3 Å². The summed E-state index contributed by atoms with van der Waals surface area (Å²) in [4.78, 5) is 0. The average molecular weight is 234 g/mol. The summed E-state index contributed by atoms with van der Waals surface area (Å²) in [5, 5.41) is 0.